The van der Waals surface area contributed by atoms with Crippen LogP contribution in [-0.2, 0) is 4.74 Å². The van der Waals surface area contributed by atoms with Crippen LogP contribution in [0.5, 0.6) is 0 Å². The van der Waals surface area contributed by atoms with Gasteiger partial charge in [0.2, 0.25) is 0 Å². The third kappa shape index (κ3) is 6.58. The molecule has 3 nitrogen and oxygen atoms in total. The van der Waals surface area contributed by atoms with Crippen LogP contribution in [0.2, 0.25) is 0 Å². The summed E-state index contributed by atoms with van der Waals surface area (Å²) in [6.07, 6.45) is 1.19. The van der Waals surface area contributed by atoms with Crippen molar-refractivity contribution in [1.82, 2.24) is 4.90 Å². The fourth-order valence-electron chi connectivity index (χ4n) is 1.17. The standard InChI is InChI=1S/C9H22N2O/c1-3-6-11(7-5-10)8-9-12-4-2/h3-10H2,1-2H3. The van der Waals surface area contributed by atoms with E-state index >= 15 is 0 Å². The highest BCUT2D eigenvalue weighted by molar-refractivity contribution is 4.56. The lowest BCUT2D eigenvalue weighted by molar-refractivity contribution is 0.114. The van der Waals surface area contributed by atoms with Crippen molar-refractivity contribution < 1.29 is 4.74 Å². The van der Waals surface area contributed by atoms with E-state index < -0.39 is 0 Å². The number of hydrogen-bond acceptors (Lipinski definition) is 3. The van der Waals surface area contributed by atoms with Gasteiger partial charge in [0.1, 0.15) is 0 Å². The third-order valence-corrected chi connectivity index (χ3v) is 1.74. The van der Waals surface area contributed by atoms with Crippen LogP contribution in [0.25, 0.3) is 0 Å². The second-order valence-electron chi connectivity index (χ2n) is 2.83. The molecule has 0 aliphatic carbocycles. The normalized spacial score (nSPS) is 11.0. The summed E-state index contributed by atoms with van der Waals surface area (Å²) in [5.74, 6) is 0. The van der Waals surface area contributed by atoms with Crippen molar-refractivity contribution in [2.24, 2.45) is 5.73 Å². The molecule has 3 heteroatoms. The SMILES string of the molecule is CCCN(CCN)CCOCC. The predicted octanol–water partition coefficient (Wildman–Crippen LogP) is 0.694. The van der Waals surface area contributed by atoms with Crippen LogP contribution in [0.15, 0.2) is 0 Å². The lowest BCUT2D eigenvalue weighted by Crippen LogP contribution is -2.33. The van der Waals surface area contributed by atoms with Crippen LogP contribution in [0.3, 0.4) is 0 Å². The van der Waals surface area contributed by atoms with Gasteiger partial charge in [-0.1, -0.05) is 6.92 Å². The molecule has 0 fully saturated rings. The first-order valence-electron chi connectivity index (χ1n) is 4.85. The Labute approximate surface area is 75.9 Å². The van der Waals surface area contributed by atoms with Crippen molar-refractivity contribution >= 4 is 0 Å². The van der Waals surface area contributed by atoms with E-state index in [1.54, 1.807) is 0 Å². The van der Waals surface area contributed by atoms with Crippen molar-refractivity contribution in [3.63, 3.8) is 0 Å². The Kier molecular flexibility index (Phi) is 8.88. The quantitative estimate of drug-likeness (QED) is 0.550. The Morgan fingerprint density at radius 2 is 1.92 bits per heavy atom. The molecule has 74 valence electrons. The second-order valence-corrected chi connectivity index (χ2v) is 2.83. The summed E-state index contributed by atoms with van der Waals surface area (Å²) in [6, 6.07) is 0. The molecule has 0 saturated heterocycles. The fourth-order valence-corrected chi connectivity index (χ4v) is 1.17. The van der Waals surface area contributed by atoms with Gasteiger partial charge < -0.3 is 10.5 Å². The Bertz CT molecular complexity index is 82.6. The highest BCUT2D eigenvalue weighted by Gasteiger charge is 2.00. The Morgan fingerprint density at radius 3 is 2.42 bits per heavy atom. The molecular weight excluding hydrogens is 152 g/mol. The molecule has 2 N–H and O–H groups in total. The van der Waals surface area contributed by atoms with Crippen molar-refractivity contribution in [2.45, 2.75) is 20.3 Å². The molecule has 0 saturated carbocycles. The van der Waals surface area contributed by atoms with Crippen LogP contribution < -0.4 is 5.73 Å². The molecule has 0 heterocycles. The van der Waals surface area contributed by atoms with Crippen LogP contribution in [0.1, 0.15) is 20.3 Å². The van der Waals surface area contributed by atoms with Crippen LogP contribution in [-0.4, -0.2) is 44.3 Å². The Morgan fingerprint density at radius 1 is 1.17 bits per heavy atom. The van der Waals surface area contributed by atoms with E-state index in [2.05, 4.69) is 11.8 Å². The zero-order valence-corrected chi connectivity index (χ0v) is 8.38. The minimum absolute atomic E-state index is 0.742. The number of ether oxygens (including phenoxy) is 1. The van der Waals surface area contributed by atoms with Crippen molar-refractivity contribution in [1.29, 1.82) is 0 Å². The summed E-state index contributed by atoms with van der Waals surface area (Å²) in [4.78, 5) is 2.34. The molecule has 0 aromatic heterocycles. The highest BCUT2D eigenvalue weighted by atomic mass is 16.5. The average molecular weight is 174 g/mol. The summed E-state index contributed by atoms with van der Waals surface area (Å²) >= 11 is 0. The first-order chi connectivity index (χ1) is 5.85. The zero-order valence-electron chi connectivity index (χ0n) is 8.38. The summed E-state index contributed by atoms with van der Waals surface area (Å²) in [5.41, 5.74) is 5.48. The van der Waals surface area contributed by atoms with E-state index in [9.17, 15) is 0 Å². The predicted molar refractivity (Wildman–Crippen MR) is 52.3 cm³/mol. The molecule has 0 aromatic rings. The molecular formula is C9H22N2O. The monoisotopic (exact) mass is 174 g/mol. The van der Waals surface area contributed by atoms with Gasteiger partial charge in [0.25, 0.3) is 0 Å². The Balaban J connectivity index is 3.34. The topological polar surface area (TPSA) is 38.5 Å². The van der Waals surface area contributed by atoms with Gasteiger partial charge in [-0.25, -0.2) is 0 Å². The van der Waals surface area contributed by atoms with Gasteiger partial charge in [0.15, 0.2) is 0 Å². The average Bonchev–Trinajstić information content (AvgIpc) is 2.06. The lowest BCUT2D eigenvalue weighted by Gasteiger charge is -2.20. The molecule has 0 amide bonds. The van der Waals surface area contributed by atoms with Gasteiger partial charge in [-0.05, 0) is 19.9 Å². The zero-order chi connectivity index (χ0) is 9.23. The molecule has 0 unspecified atom stereocenters. The fraction of sp³-hybridized carbons (Fsp3) is 1.00. The number of rotatable bonds is 8. The van der Waals surface area contributed by atoms with Crippen molar-refractivity contribution in [3.05, 3.63) is 0 Å². The molecule has 0 spiro atoms. The van der Waals surface area contributed by atoms with E-state index in [1.165, 1.54) is 6.42 Å². The number of hydrogen-bond donors (Lipinski definition) is 1. The smallest absolute Gasteiger partial charge is 0.0593 e. The molecule has 0 radical (unpaired) electrons. The van der Waals surface area contributed by atoms with Gasteiger partial charge in [-0.15, -0.1) is 0 Å². The first kappa shape index (κ1) is 11.9. The Hall–Kier alpha value is -0.120. The van der Waals surface area contributed by atoms with E-state index in [1.807, 2.05) is 6.92 Å². The van der Waals surface area contributed by atoms with Crippen LogP contribution in [0, 0.1) is 0 Å². The molecule has 0 atom stereocenters. The summed E-state index contributed by atoms with van der Waals surface area (Å²) in [5, 5.41) is 0. The number of nitrogens with two attached hydrogens (primary N) is 1. The van der Waals surface area contributed by atoms with Gasteiger partial charge in [-0.3, -0.25) is 4.90 Å². The highest BCUT2D eigenvalue weighted by Crippen LogP contribution is 1.90. The third-order valence-electron chi connectivity index (χ3n) is 1.74. The minimum atomic E-state index is 0.742. The van der Waals surface area contributed by atoms with Crippen molar-refractivity contribution in [3.8, 4) is 0 Å². The van der Waals surface area contributed by atoms with Gasteiger partial charge in [-0.2, -0.15) is 0 Å². The van der Waals surface area contributed by atoms with E-state index in [0.29, 0.717) is 0 Å². The summed E-state index contributed by atoms with van der Waals surface area (Å²) in [7, 11) is 0. The van der Waals surface area contributed by atoms with Crippen LogP contribution in [0.4, 0.5) is 0 Å². The van der Waals surface area contributed by atoms with Gasteiger partial charge in [0, 0.05) is 26.2 Å². The molecule has 0 rings (SSSR count). The molecule has 0 bridgehead atoms. The minimum Gasteiger partial charge on any atom is -0.380 e. The molecule has 0 aliphatic rings. The van der Waals surface area contributed by atoms with Gasteiger partial charge >= 0.3 is 0 Å². The molecule has 0 aromatic carbocycles. The van der Waals surface area contributed by atoms with Gasteiger partial charge in [0.05, 0.1) is 6.61 Å². The maximum Gasteiger partial charge on any atom is 0.0593 e. The van der Waals surface area contributed by atoms with E-state index in [0.717, 1.165) is 39.4 Å². The van der Waals surface area contributed by atoms with E-state index in [-0.39, 0.29) is 0 Å². The second kappa shape index (κ2) is 8.97. The lowest BCUT2D eigenvalue weighted by atomic mass is 10.4. The largest absolute Gasteiger partial charge is 0.380 e. The maximum absolute atomic E-state index is 5.48. The summed E-state index contributed by atoms with van der Waals surface area (Å²) < 4.78 is 5.27. The van der Waals surface area contributed by atoms with Crippen LogP contribution >= 0.6 is 0 Å². The summed E-state index contributed by atoms with van der Waals surface area (Å²) in [6.45, 7) is 9.71. The first-order valence-corrected chi connectivity index (χ1v) is 4.85. The van der Waals surface area contributed by atoms with E-state index in [4.69, 9.17) is 10.5 Å². The van der Waals surface area contributed by atoms with Crippen molar-refractivity contribution in [2.75, 3.05) is 39.4 Å². The maximum atomic E-state index is 5.48. The number of nitrogens with zero attached hydrogens (tertiary/aromatic N) is 1. The molecule has 12 heavy (non-hydrogen) atoms. The molecule has 0 aliphatic heterocycles.